The number of imide groups is 1. The van der Waals surface area contributed by atoms with Crippen LogP contribution in [0.15, 0.2) is 59.5 Å². The van der Waals surface area contributed by atoms with Crippen molar-refractivity contribution < 1.29 is 32.5 Å². The van der Waals surface area contributed by atoms with Crippen molar-refractivity contribution in [1.82, 2.24) is 4.90 Å². The Bertz CT molecular complexity index is 1310. The molecule has 1 N–H and O–H groups in total. The van der Waals surface area contributed by atoms with Crippen LogP contribution in [0.3, 0.4) is 0 Å². The average Bonchev–Trinajstić information content (AvgIpc) is 2.68. The van der Waals surface area contributed by atoms with E-state index in [9.17, 15) is 27.4 Å². The van der Waals surface area contributed by atoms with Crippen LogP contribution in [-0.4, -0.2) is 40.8 Å². The summed E-state index contributed by atoms with van der Waals surface area (Å²) in [6.07, 6.45) is 0. The molecule has 0 bridgehead atoms. The number of carbonyl (C=O) groups is 3. The number of nitrogens with zero attached hydrogens (tertiary/aromatic N) is 1. The van der Waals surface area contributed by atoms with E-state index in [4.69, 9.17) is 5.11 Å². The molecule has 0 aliphatic carbocycles. The third-order valence-corrected chi connectivity index (χ3v) is 5.54. The molecule has 1 aliphatic rings. The number of hydrogen-bond donors (Lipinski definition) is 1. The Balaban J connectivity index is 1.82. The van der Waals surface area contributed by atoms with Gasteiger partial charge in [0.15, 0.2) is 0 Å². The van der Waals surface area contributed by atoms with E-state index < -0.39 is 32.8 Å². The molecule has 8 nitrogen and oxygen atoms in total. The fourth-order valence-corrected chi connectivity index (χ4v) is 3.89. The molecule has 29 heavy (non-hydrogen) atoms. The van der Waals surface area contributed by atoms with Crippen molar-refractivity contribution in [2.45, 2.75) is 11.4 Å². The zero-order chi connectivity index (χ0) is 20.9. The summed E-state index contributed by atoms with van der Waals surface area (Å²) in [5, 5.41) is 9.58. The maximum atomic E-state index is 13.0. The van der Waals surface area contributed by atoms with Crippen LogP contribution in [-0.2, 0) is 16.7 Å². The van der Waals surface area contributed by atoms with Gasteiger partial charge in [-0.25, -0.2) is 13.2 Å². The molecular weight excluding hydrogens is 398 g/mol. The first-order chi connectivity index (χ1) is 13.7. The number of hydrogen-bond acceptors (Lipinski definition) is 6. The molecule has 3 aromatic carbocycles. The smallest absolute Gasteiger partial charge is 0.335 e. The molecule has 4 rings (SSSR count). The lowest BCUT2D eigenvalue weighted by Crippen LogP contribution is -2.39. The van der Waals surface area contributed by atoms with E-state index >= 15 is 0 Å². The van der Waals surface area contributed by atoms with Gasteiger partial charge >= 0.3 is 5.97 Å². The summed E-state index contributed by atoms with van der Waals surface area (Å²) >= 11 is 0. The average molecular weight is 410 g/mol. The highest BCUT2D eigenvalue weighted by Crippen LogP contribution is 2.33. The lowest BCUT2D eigenvalue weighted by molar-refractivity contribution is 0.0595. The Kier molecular flexibility index (Phi) is 4.21. The highest BCUT2D eigenvalue weighted by atomic mass is 32.2. The van der Waals surface area contributed by atoms with Crippen LogP contribution in [0.25, 0.3) is 10.8 Å². The molecule has 0 atom stereocenters. The van der Waals surface area contributed by atoms with Gasteiger partial charge in [0.05, 0.1) is 17.0 Å². The van der Waals surface area contributed by atoms with Crippen LogP contribution in [0, 0.1) is 0 Å². The van der Waals surface area contributed by atoms with Gasteiger partial charge in [-0.3, -0.25) is 14.5 Å². The fraction of sp³-hybridized carbons (Fsp3) is 0.0500. The first-order valence-corrected chi connectivity index (χ1v) is 9.79. The van der Waals surface area contributed by atoms with Gasteiger partial charge in [-0.05, 0) is 41.3 Å². The van der Waals surface area contributed by atoms with E-state index in [1.807, 2.05) is 0 Å². The zero-order valence-electron chi connectivity index (χ0n) is 14.7. The Morgan fingerprint density at radius 3 is 2.24 bits per heavy atom. The maximum absolute atomic E-state index is 13.0. The first kappa shape index (κ1) is 18.8. The summed E-state index contributed by atoms with van der Waals surface area (Å²) in [7, 11) is -4.80. The van der Waals surface area contributed by atoms with E-state index in [2.05, 4.69) is 0 Å². The van der Waals surface area contributed by atoms with Crippen molar-refractivity contribution in [3.8, 4) is 0 Å². The number of carboxylic acid groups (broad SMARTS) is 1. The summed E-state index contributed by atoms with van der Waals surface area (Å²) in [4.78, 5) is 37.3. The van der Waals surface area contributed by atoms with Crippen molar-refractivity contribution in [1.29, 1.82) is 0 Å². The number of amides is 2. The first-order valence-electron chi connectivity index (χ1n) is 8.38. The van der Waals surface area contributed by atoms with Crippen molar-refractivity contribution in [3.63, 3.8) is 0 Å². The number of carboxylic acids is 1. The quantitative estimate of drug-likeness (QED) is 0.515. The molecular formula is C20H12NO7S-. The van der Waals surface area contributed by atoms with Crippen LogP contribution >= 0.6 is 0 Å². The van der Waals surface area contributed by atoms with Gasteiger partial charge < -0.3 is 9.66 Å². The monoisotopic (exact) mass is 410 g/mol. The van der Waals surface area contributed by atoms with Crippen molar-refractivity contribution in [2.24, 2.45) is 0 Å². The second-order valence-electron chi connectivity index (χ2n) is 6.53. The molecule has 0 radical (unpaired) electrons. The Hall–Kier alpha value is -3.56. The van der Waals surface area contributed by atoms with Crippen LogP contribution < -0.4 is 0 Å². The molecule has 0 unspecified atom stereocenters. The summed E-state index contributed by atoms with van der Waals surface area (Å²) in [5.41, 5.74) is 0.744. The Morgan fingerprint density at radius 2 is 1.62 bits per heavy atom. The van der Waals surface area contributed by atoms with E-state index in [-0.39, 0.29) is 23.2 Å². The van der Waals surface area contributed by atoms with Crippen LogP contribution in [0.1, 0.15) is 36.6 Å². The Labute approximate surface area is 164 Å². The van der Waals surface area contributed by atoms with Gasteiger partial charge in [0.2, 0.25) is 0 Å². The second-order valence-corrected chi connectivity index (χ2v) is 7.91. The topological polar surface area (TPSA) is 132 Å². The number of benzene rings is 3. The summed E-state index contributed by atoms with van der Waals surface area (Å²) in [6.45, 7) is -0.137. The lowest BCUT2D eigenvalue weighted by atomic mass is 9.93. The van der Waals surface area contributed by atoms with E-state index in [1.54, 1.807) is 0 Å². The van der Waals surface area contributed by atoms with Crippen molar-refractivity contribution in [2.75, 3.05) is 0 Å². The van der Waals surface area contributed by atoms with Crippen molar-refractivity contribution in [3.05, 3.63) is 76.9 Å². The van der Waals surface area contributed by atoms with E-state index in [0.717, 1.165) is 17.0 Å². The molecule has 0 spiro atoms. The number of rotatable bonds is 4. The summed E-state index contributed by atoms with van der Waals surface area (Å²) < 4.78 is 34.4. The summed E-state index contributed by atoms with van der Waals surface area (Å²) in [6, 6.07) is 12.4. The molecule has 2 amide bonds. The van der Waals surface area contributed by atoms with Crippen LogP contribution in [0.2, 0.25) is 0 Å². The predicted molar refractivity (Wildman–Crippen MR) is 99.5 cm³/mol. The van der Waals surface area contributed by atoms with Crippen molar-refractivity contribution >= 4 is 38.7 Å². The SMILES string of the molecule is O=C(O)c1ccc(CN2C(=O)c3cccc4cc(S(=O)(=O)[O-])cc(c34)C2=O)cc1. The molecule has 9 heteroatoms. The standard InChI is InChI=1S/C20H13NO7S/c22-18-15-3-1-2-13-8-14(29(26,27)28)9-16(17(13)15)19(23)21(18)10-11-4-6-12(7-5-11)20(24)25/h1-9H,10H2,(H,24,25)(H,26,27,28)/p-1. The number of carbonyl (C=O) groups excluding carboxylic acids is 2. The van der Waals surface area contributed by atoms with Gasteiger partial charge in [0, 0.05) is 16.5 Å². The largest absolute Gasteiger partial charge is 0.744 e. The van der Waals surface area contributed by atoms with E-state index in [1.165, 1.54) is 42.5 Å². The molecule has 1 aliphatic heterocycles. The van der Waals surface area contributed by atoms with Crippen LogP contribution in [0.5, 0.6) is 0 Å². The summed E-state index contributed by atoms with van der Waals surface area (Å²) in [5.74, 6) is -2.40. The molecule has 0 fully saturated rings. The Morgan fingerprint density at radius 1 is 0.966 bits per heavy atom. The molecule has 0 aromatic heterocycles. The molecule has 0 saturated carbocycles. The highest BCUT2D eigenvalue weighted by molar-refractivity contribution is 7.85. The fourth-order valence-electron chi connectivity index (χ4n) is 3.35. The lowest BCUT2D eigenvalue weighted by Gasteiger charge is -2.28. The minimum absolute atomic E-state index is 0.0470. The molecule has 146 valence electrons. The third kappa shape index (κ3) is 3.16. The molecule has 3 aromatic rings. The van der Waals surface area contributed by atoms with Gasteiger partial charge in [0.25, 0.3) is 11.8 Å². The zero-order valence-corrected chi connectivity index (χ0v) is 15.5. The van der Waals surface area contributed by atoms with Gasteiger partial charge in [0.1, 0.15) is 10.1 Å². The van der Waals surface area contributed by atoms with Gasteiger partial charge in [-0.2, -0.15) is 0 Å². The normalized spacial score (nSPS) is 13.8. The molecule has 0 saturated heterocycles. The second kappa shape index (κ2) is 6.50. The minimum atomic E-state index is -4.80. The predicted octanol–water partition coefficient (Wildman–Crippen LogP) is 2.24. The molecule has 1 heterocycles. The maximum Gasteiger partial charge on any atom is 0.335 e. The van der Waals surface area contributed by atoms with E-state index in [0.29, 0.717) is 16.3 Å². The van der Waals surface area contributed by atoms with Crippen LogP contribution in [0.4, 0.5) is 0 Å². The third-order valence-electron chi connectivity index (χ3n) is 4.73. The number of aromatic carboxylic acids is 1. The van der Waals surface area contributed by atoms with Gasteiger partial charge in [-0.1, -0.05) is 24.3 Å². The minimum Gasteiger partial charge on any atom is -0.744 e. The van der Waals surface area contributed by atoms with Gasteiger partial charge in [-0.15, -0.1) is 0 Å². The highest BCUT2D eigenvalue weighted by Gasteiger charge is 2.33.